The highest BCUT2D eigenvalue weighted by Gasteiger charge is 2.45. The van der Waals surface area contributed by atoms with Crippen LogP contribution in [0.25, 0.3) is 0 Å². The molecule has 0 spiro atoms. The first-order valence-corrected chi connectivity index (χ1v) is 10.5. The number of carbonyl (C=O) groups is 2. The molecular weight excluding hydrogens is 420 g/mol. The van der Waals surface area contributed by atoms with Crippen molar-refractivity contribution in [2.24, 2.45) is 5.41 Å². The van der Waals surface area contributed by atoms with E-state index in [-0.39, 0.29) is 31.0 Å². The van der Waals surface area contributed by atoms with E-state index in [0.717, 1.165) is 12.1 Å². The van der Waals surface area contributed by atoms with Crippen LogP contribution in [0.3, 0.4) is 0 Å². The highest BCUT2D eigenvalue weighted by molar-refractivity contribution is 5.97. The van der Waals surface area contributed by atoms with Crippen LogP contribution in [0.2, 0.25) is 0 Å². The quantitative estimate of drug-likeness (QED) is 0.600. The normalized spacial score (nSPS) is 18.2. The summed E-state index contributed by atoms with van der Waals surface area (Å²) in [5.74, 6) is -1.33. The van der Waals surface area contributed by atoms with E-state index >= 15 is 0 Å². The molecule has 0 bridgehead atoms. The Kier molecular flexibility index (Phi) is 7.33. The minimum atomic E-state index is -1.14. The SMILES string of the molecule is CCOC(=O)[C@@]1(Cc2ccc(F)cc2F)CCCN(C(=O)c2ccc(OC)cc2OC)C1. The Morgan fingerprint density at radius 1 is 1.09 bits per heavy atom. The summed E-state index contributed by atoms with van der Waals surface area (Å²) < 4.78 is 43.6. The zero-order valence-corrected chi connectivity index (χ0v) is 18.5. The molecule has 1 aliphatic rings. The first kappa shape index (κ1) is 23.5. The molecular formula is C24H27F2NO5. The zero-order valence-electron chi connectivity index (χ0n) is 18.5. The summed E-state index contributed by atoms with van der Waals surface area (Å²) in [5, 5.41) is 0. The van der Waals surface area contributed by atoms with Gasteiger partial charge in [-0.25, -0.2) is 8.78 Å². The van der Waals surface area contributed by atoms with Gasteiger partial charge in [0.25, 0.3) is 5.91 Å². The topological polar surface area (TPSA) is 65.1 Å². The Morgan fingerprint density at radius 3 is 2.53 bits per heavy atom. The number of likely N-dealkylation sites (tertiary alicyclic amines) is 1. The predicted molar refractivity (Wildman–Crippen MR) is 114 cm³/mol. The van der Waals surface area contributed by atoms with Crippen molar-refractivity contribution >= 4 is 11.9 Å². The lowest BCUT2D eigenvalue weighted by Gasteiger charge is -2.41. The third-order valence-electron chi connectivity index (χ3n) is 5.76. The molecule has 1 amide bonds. The Labute approximate surface area is 186 Å². The Hall–Kier alpha value is -3.16. The fourth-order valence-corrected chi connectivity index (χ4v) is 4.15. The lowest BCUT2D eigenvalue weighted by atomic mass is 9.74. The first-order chi connectivity index (χ1) is 15.3. The molecule has 1 heterocycles. The molecule has 32 heavy (non-hydrogen) atoms. The minimum absolute atomic E-state index is 0.00146. The number of hydrogen-bond donors (Lipinski definition) is 0. The fourth-order valence-electron chi connectivity index (χ4n) is 4.15. The molecule has 6 nitrogen and oxygen atoms in total. The van der Waals surface area contributed by atoms with Gasteiger partial charge in [0, 0.05) is 25.2 Å². The number of halogens is 2. The number of ether oxygens (including phenoxy) is 3. The number of piperidine rings is 1. The molecule has 0 aromatic heterocycles. The van der Waals surface area contributed by atoms with E-state index < -0.39 is 23.0 Å². The van der Waals surface area contributed by atoms with Crippen molar-refractivity contribution in [1.82, 2.24) is 4.90 Å². The first-order valence-electron chi connectivity index (χ1n) is 10.5. The zero-order chi connectivity index (χ0) is 23.3. The second-order valence-corrected chi connectivity index (χ2v) is 7.81. The van der Waals surface area contributed by atoms with Crippen LogP contribution >= 0.6 is 0 Å². The van der Waals surface area contributed by atoms with Crippen LogP contribution in [0.4, 0.5) is 8.78 Å². The number of carbonyl (C=O) groups excluding carboxylic acids is 2. The van der Waals surface area contributed by atoms with Crippen molar-refractivity contribution in [2.45, 2.75) is 26.2 Å². The monoisotopic (exact) mass is 447 g/mol. The van der Waals surface area contributed by atoms with Crippen LogP contribution in [0.5, 0.6) is 11.5 Å². The Balaban J connectivity index is 1.93. The molecule has 2 aromatic rings. The second-order valence-electron chi connectivity index (χ2n) is 7.81. The fraction of sp³-hybridized carbons (Fsp3) is 0.417. The van der Waals surface area contributed by atoms with E-state index in [2.05, 4.69) is 0 Å². The van der Waals surface area contributed by atoms with Gasteiger partial charge in [0.05, 0.1) is 31.8 Å². The van der Waals surface area contributed by atoms with Crippen LogP contribution in [0.15, 0.2) is 36.4 Å². The summed E-state index contributed by atoms with van der Waals surface area (Å²) in [6.07, 6.45) is 0.958. The highest BCUT2D eigenvalue weighted by atomic mass is 19.1. The summed E-state index contributed by atoms with van der Waals surface area (Å²) in [7, 11) is 2.98. The van der Waals surface area contributed by atoms with Gasteiger partial charge in [0.15, 0.2) is 0 Å². The Bertz CT molecular complexity index is 996. The number of amides is 1. The van der Waals surface area contributed by atoms with E-state index in [1.54, 1.807) is 30.0 Å². The summed E-state index contributed by atoms with van der Waals surface area (Å²) in [6.45, 7) is 2.34. The molecule has 0 saturated carbocycles. The van der Waals surface area contributed by atoms with Crippen molar-refractivity contribution in [3.8, 4) is 11.5 Å². The summed E-state index contributed by atoms with van der Waals surface area (Å²) >= 11 is 0. The lowest BCUT2D eigenvalue weighted by molar-refractivity contribution is -0.158. The van der Waals surface area contributed by atoms with Gasteiger partial charge in [-0.1, -0.05) is 6.07 Å². The van der Waals surface area contributed by atoms with Gasteiger partial charge in [-0.05, 0) is 49.9 Å². The summed E-state index contributed by atoms with van der Waals surface area (Å²) in [5.41, 5.74) is -0.598. The van der Waals surface area contributed by atoms with Crippen molar-refractivity contribution in [3.05, 3.63) is 59.2 Å². The number of esters is 1. The lowest BCUT2D eigenvalue weighted by Crippen LogP contribution is -2.51. The molecule has 1 saturated heterocycles. The van der Waals surface area contributed by atoms with Crippen molar-refractivity contribution < 1.29 is 32.6 Å². The molecule has 1 fully saturated rings. The van der Waals surface area contributed by atoms with E-state index in [1.807, 2.05) is 0 Å². The molecule has 8 heteroatoms. The number of nitrogens with zero attached hydrogens (tertiary/aromatic N) is 1. The van der Waals surface area contributed by atoms with E-state index in [1.165, 1.54) is 20.3 Å². The summed E-state index contributed by atoms with van der Waals surface area (Å²) in [4.78, 5) is 27.9. The van der Waals surface area contributed by atoms with Gasteiger partial charge in [-0.2, -0.15) is 0 Å². The predicted octanol–water partition coefficient (Wildman–Crippen LogP) is 4.01. The standard InChI is InChI=1S/C24H27F2NO5/c1-4-32-23(29)24(14-16-6-7-17(25)12-20(16)26)10-5-11-27(15-24)22(28)19-9-8-18(30-2)13-21(19)31-3/h6-9,12-13H,4-5,10-11,14-15H2,1-3H3/t24-/m1/s1. The molecule has 3 rings (SSSR count). The van der Waals surface area contributed by atoms with E-state index in [4.69, 9.17) is 14.2 Å². The van der Waals surface area contributed by atoms with Gasteiger partial charge in [-0.3, -0.25) is 9.59 Å². The maximum Gasteiger partial charge on any atom is 0.314 e. The minimum Gasteiger partial charge on any atom is -0.497 e. The van der Waals surface area contributed by atoms with Gasteiger partial charge < -0.3 is 19.1 Å². The molecule has 0 aliphatic carbocycles. The van der Waals surface area contributed by atoms with Crippen LogP contribution < -0.4 is 9.47 Å². The maximum atomic E-state index is 14.4. The second kappa shape index (κ2) is 9.97. The molecule has 1 aliphatic heterocycles. The molecule has 1 atom stereocenters. The van der Waals surface area contributed by atoms with Gasteiger partial charge in [-0.15, -0.1) is 0 Å². The molecule has 0 unspecified atom stereocenters. The third-order valence-corrected chi connectivity index (χ3v) is 5.76. The van der Waals surface area contributed by atoms with Crippen molar-refractivity contribution in [2.75, 3.05) is 33.9 Å². The molecule has 0 N–H and O–H groups in total. The van der Waals surface area contributed by atoms with E-state index in [0.29, 0.717) is 36.4 Å². The van der Waals surface area contributed by atoms with Crippen molar-refractivity contribution in [1.29, 1.82) is 0 Å². The largest absolute Gasteiger partial charge is 0.497 e. The van der Waals surface area contributed by atoms with Gasteiger partial charge in [0.2, 0.25) is 0 Å². The van der Waals surface area contributed by atoms with Crippen LogP contribution in [-0.2, 0) is 16.0 Å². The van der Waals surface area contributed by atoms with E-state index in [9.17, 15) is 18.4 Å². The summed E-state index contributed by atoms with van der Waals surface area (Å²) in [6, 6.07) is 8.17. The van der Waals surface area contributed by atoms with Crippen molar-refractivity contribution in [3.63, 3.8) is 0 Å². The van der Waals surface area contributed by atoms with Crippen LogP contribution in [-0.4, -0.2) is 50.7 Å². The van der Waals surface area contributed by atoms with Gasteiger partial charge in [0.1, 0.15) is 23.1 Å². The average Bonchev–Trinajstić information content (AvgIpc) is 2.80. The molecule has 2 aromatic carbocycles. The third kappa shape index (κ3) is 4.84. The Morgan fingerprint density at radius 2 is 1.88 bits per heavy atom. The average molecular weight is 447 g/mol. The van der Waals surface area contributed by atoms with Crippen LogP contribution in [0.1, 0.15) is 35.7 Å². The highest BCUT2D eigenvalue weighted by Crippen LogP contribution is 2.37. The molecule has 172 valence electrons. The smallest absolute Gasteiger partial charge is 0.314 e. The number of benzene rings is 2. The van der Waals surface area contributed by atoms with Gasteiger partial charge >= 0.3 is 5.97 Å². The number of methoxy groups -OCH3 is 2. The molecule has 0 radical (unpaired) electrons. The number of hydrogen-bond acceptors (Lipinski definition) is 5. The maximum absolute atomic E-state index is 14.4. The number of rotatable bonds is 7. The van der Waals surface area contributed by atoms with Crippen LogP contribution in [0, 0.1) is 17.0 Å².